The number of nitrogens with one attached hydrogen (secondary N) is 2. The van der Waals surface area contributed by atoms with Crippen LogP contribution in [-0.2, 0) is 14.8 Å². The van der Waals surface area contributed by atoms with Gasteiger partial charge in [0.1, 0.15) is 0 Å². The Balaban J connectivity index is 2.33. The molecule has 2 aromatic heterocycles. The Kier molecular flexibility index (Phi) is 4.63. The minimum Gasteiger partial charge on any atom is -0.385 e. The van der Waals surface area contributed by atoms with Crippen LogP contribution in [0.25, 0.3) is 4.96 Å². The molecule has 2 N–H and O–H groups in total. The minimum absolute atomic E-state index is 0.139. The van der Waals surface area contributed by atoms with Crippen molar-refractivity contribution < 1.29 is 13.2 Å². The lowest BCUT2D eigenvalue weighted by Crippen LogP contribution is -2.34. The Morgan fingerprint density at radius 1 is 1.55 bits per heavy atom. The summed E-state index contributed by atoms with van der Waals surface area (Å²) in [5.41, 5.74) is 0. The van der Waals surface area contributed by atoms with Crippen LogP contribution in [-0.4, -0.2) is 44.6 Å². The lowest BCUT2D eigenvalue weighted by atomic mass is 10.3. The molecule has 0 aliphatic heterocycles. The number of thiazole rings is 1. The number of hydrogen-bond acceptors (Lipinski definition) is 6. The monoisotopic (exact) mass is 318 g/mol. The quantitative estimate of drug-likeness (QED) is 0.800. The van der Waals surface area contributed by atoms with Crippen LogP contribution in [0.15, 0.2) is 16.6 Å². The van der Waals surface area contributed by atoms with Crippen molar-refractivity contribution in [2.75, 3.05) is 26.1 Å². The molecule has 20 heavy (non-hydrogen) atoms. The molecule has 1 unspecified atom stereocenters. The molecule has 0 saturated heterocycles. The van der Waals surface area contributed by atoms with E-state index in [4.69, 9.17) is 4.74 Å². The van der Waals surface area contributed by atoms with Crippen LogP contribution in [0.3, 0.4) is 0 Å². The first-order chi connectivity index (χ1) is 9.49. The van der Waals surface area contributed by atoms with Crippen molar-refractivity contribution in [2.24, 2.45) is 0 Å². The van der Waals surface area contributed by atoms with Gasteiger partial charge in [-0.2, -0.15) is 0 Å². The number of rotatable bonds is 7. The minimum atomic E-state index is -3.65. The van der Waals surface area contributed by atoms with E-state index in [-0.39, 0.29) is 11.1 Å². The number of imidazole rings is 1. The first-order valence-corrected chi connectivity index (χ1v) is 8.50. The Morgan fingerprint density at radius 2 is 2.30 bits per heavy atom. The summed E-state index contributed by atoms with van der Waals surface area (Å²) in [4.78, 5) is 4.89. The number of nitrogens with zero attached hydrogens (tertiary/aromatic N) is 2. The van der Waals surface area contributed by atoms with E-state index in [1.54, 1.807) is 30.1 Å². The van der Waals surface area contributed by atoms with E-state index in [1.165, 1.54) is 11.3 Å². The molecule has 2 rings (SSSR count). The molecule has 1 atom stereocenters. The van der Waals surface area contributed by atoms with E-state index < -0.39 is 10.0 Å². The molecule has 9 heteroatoms. The maximum Gasteiger partial charge on any atom is 0.260 e. The van der Waals surface area contributed by atoms with Crippen LogP contribution < -0.4 is 10.0 Å². The molecule has 0 fully saturated rings. The Bertz CT molecular complexity index is 677. The summed E-state index contributed by atoms with van der Waals surface area (Å²) in [6, 6.07) is -0.214. The third kappa shape index (κ3) is 2.95. The smallest absolute Gasteiger partial charge is 0.260 e. The van der Waals surface area contributed by atoms with Gasteiger partial charge in [0.05, 0.1) is 0 Å². The molecule has 0 aromatic carbocycles. The van der Waals surface area contributed by atoms with Crippen molar-refractivity contribution in [1.29, 1.82) is 0 Å². The highest BCUT2D eigenvalue weighted by molar-refractivity contribution is 7.89. The van der Waals surface area contributed by atoms with Gasteiger partial charge in [-0.3, -0.25) is 4.40 Å². The molecular formula is C11H18N4O3S2. The second-order valence-corrected chi connectivity index (χ2v) is 6.88. The van der Waals surface area contributed by atoms with Crippen LogP contribution in [0.5, 0.6) is 0 Å². The van der Waals surface area contributed by atoms with Crippen molar-refractivity contribution in [3.8, 4) is 0 Å². The highest BCUT2D eigenvalue weighted by atomic mass is 32.2. The summed E-state index contributed by atoms with van der Waals surface area (Å²) in [7, 11) is -0.405. The van der Waals surface area contributed by atoms with Gasteiger partial charge in [-0.1, -0.05) is 0 Å². The first-order valence-electron chi connectivity index (χ1n) is 6.14. The van der Waals surface area contributed by atoms with Gasteiger partial charge in [-0.15, -0.1) is 11.3 Å². The molecule has 0 radical (unpaired) electrons. The maximum absolute atomic E-state index is 12.5. The van der Waals surface area contributed by atoms with Crippen molar-refractivity contribution in [3.63, 3.8) is 0 Å². The zero-order valence-corrected chi connectivity index (χ0v) is 13.2. The first kappa shape index (κ1) is 15.2. The Labute approximate surface area is 122 Å². The van der Waals surface area contributed by atoms with Gasteiger partial charge >= 0.3 is 0 Å². The van der Waals surface area contributed by atoms with E-state index in [1.807, 2.05) is 6.92 Å². The van der Waals surface area contributed by atoms with Crippen molar-refractivity contribution in [1.82, 2.24) is 14.1 Å². The SMILES string of the molecule is CNc1nc2sccn2c1S(=O)(=O)NC(C)CCOC. The fourth-order valence-electron chi connectivity index (χ4n) is 1.86. The molecule has 0 bridgehead atoms. The van der Waals surface area contributed by atoms with E-state index >= 15 is 0 Å². The molecule has 0 aliphatic rings. The lowest BCUT2D eigenvalue weighted by Gasteiger charge is -2.14. The molecule has 2 aromatic rings. The molecule has 0 spiro atoms. The standard InChI is InChI=1S/C11H18N4O3S2/c1-8(4-6-18-3)14-20(16,17)10-9(12-2)13-11-15(10)5-7-19-11/h5,7-8,12,14H,4,6H2,1-3H3. The van der Waals surface area contributed by atoms with Crippen LogP contribution in [0, 0.1) is 0 Å². The molecule has 7 nitrogen and oxygen atoms in total. The summed E-state index contributed by atoms with van der Waals surface area (Å²) in [6.07, 6.45) is 2.30. The number of methoxy groups -OCH3 is 1. The van der Waals surface area contributed by atoms with Gasteiger partial charge in [0, 0.05) is 38.4 Å². The second-order valence-electron chi connectivity index (χ2n) is 4.37. The zero-order valence-electron chi connectivity index (χ0n) is 11.6. The Morgan fingerprint density at radius 3 is 2.95 bits per heavy atom. The zero-order chi connectivity index (χ0) is 14.8. The number of anilines is 1. The molecule has 0 saturated carbocycles. The maximum atomic E-state index is 12.5. The molecular weight excluding hydrogens is 300 g/mol. The van der Waals surface area contributed by atoms with E-state index in [0.29, 0.717) is 23.8 Å². The average Bonchev–Trinajstić information content (AvgIpc) is 2.94. The van der Waals surface area contributed by atoms with Crippen molar-refractivity contribution in [3.05, 3.63) is 11.6 Å². The summed E-state index contributed by atoms with van der Waals surface area (Å²) >= 11 is 1.39. The van der Waals surface area contributed by atoms with Crippen molar-refractivity contribution >= 4 is 32.1 Å². The number of ether oxygens (including phenoxy) is 1. The van der Waals surface area contributed by atoms with Crippen LogP contribution >= 0.6 is 11.3 Å². The third-order valence-electron chi connectivity index (χ3n) is 2.82. The number of sulfonamides is 1. The van der Waals surface area contributed by atoms with E-state index in [2.05, 4.69) is 15.0 Å². The summed E-state index contributed by atoms with van der Waals surface area (Å²) in [6.45, 7) is 2.31. The lowest BCUT2D eigenvalue weighted by molar-refractivity contribution is 0.188. The summed E-state index contributed by atoms with van der Waals surface area (Å²) < 4.78 is 34.2. The van der Waals surface area contributed by atoms with Crippen molar-refractivity contribution in [2.45, 2.75) is 24.4 Å². The third-order valence-corrected chi connectivity index (χ3v) is 5.19. The van der Waals surface area contributed by atoms with Crippen LogP contribution in [0.1, 0.15) is 13.3 Å². The topological polar surface area (TPSA) is 84.7 Å². The highest BCUT2D eigenvalue weighted by Gasteiger charge is 2.26. The van der Waals surface area contributed by atoms with Gasteiger partial charge in [0.25, 0.3) is 10.0 Å². The molecule has 0 aliphatic carbocycles. The van der Waals surface area contributed by atoms with Gasteiger partial charge in [0.15, 0.2) is 15.8 Å². The fraction of sp³-hybridized carbons (Fsp3) is 0.545. The van der Waals surface area contributed by atoms with E-state index in [9.17, 15) is 8.42 Å². The number of aromatic nitrogens is 2. The van der Waals surface area contributed by atoms with Crippen LogP contribution in [0.2, 0.25) is 0 Å². The van der Waals surface area contributed by atoms with Gasteiger partial charge in [0.2, 0.25) is 0 Å². The largest absolute Gasteiger partial charge is 0.385 e. The predicted molar refractivity (Wildman–Crippen MR) is 78.9 cm³/mol. The molecule has 2 heterocycles. The Hall–Kier alpha value is -1.16. The second kappa shape index (κ2) is 6.08. The average molecular weight is 318 g/mol. The normalized spacial score (nSPS) is 13.8. The molecule has 112 valence electrons. The van der Waals surface area contributed by atoms with Gasteiger partial charge in [-0.05, 0) is 13.3 Å². The highest BCUT2D eigenvalue weighted by Crippen LogP contribution is 2.25. The van der Waals surface area contributed by atoms with Gasteiger partial charge < -0.3 is 10.1 Å². The number of fused-ring (bicyclic) bond motifs is 1. The van der Waals surface area contributed by atoms with Crippen LogP contribution in [0.4, 0.5) is 5.82 Å². The van der Waals surface area contributed by atoms with Gasteiger partial charge in [-0.25, -0.2) is 18.1 Å². The number of hydrogen-bond donors (Lipinski definition) is 2. The van der Waals surface area contributed by atoms with E-state index in [0.717, 1.165) is 0 Å². The summed E-state index contributed by atoms with van der Waals surface area (Å²) in [5, 5.41) is 4.76. The predicted octanol–water partition coefficient (Wildman–Crippen LogP) is 1.14. The molecule has 0 amide bonds. The fourth-order valence-corrected chi connectivity index (χ4v) is 4.20. The summed E-state index contributed by atoms with van der Waals surface area (Å²) in [5.74, 6) is 0.350.